The van der Waals surface area contributed by atoms with Crippen LogP contribution in [-0.4, -0.2) is 5.91 Å². The largest absolute Gasteiger partial charge is 0.326 e. The Bertz CT molecular complexity index is 1050. The lowest BCUT2D eigenvalue weighted by atomic mass is 10.1. The maximum atomic E-state index is 12.4. The third-order valence-electron chi connectivity index (χ3n) is 4.19. The minimum Gasteiger partial charge on any atom is -0.326 e. The van der Waals surface area contributed by atoms with Crippen molar-refractivity contribution < 1.29 is 4.79 Å². The first-order valence-electron chi connectivity index (χ1n) is 7.94. The molecular formula is C21H17NOS. The molecule has 4 rings (SSSR count). The maximum Gasteiger partial charge on any atom is 0.228 e. The summed E-state index contributed by atoms with van der Waals surface area (Å²) in [7, 11) is 0. The van der Waals surface area contributed by atoms with Gasteiger partial charge in [-0.05, 0) is 52.2 Å². The number of thiophene rings is 1. The number of anilines is 1. The van der Waals surface area contributed by atoms with E-state index in [0.717, 1.165) is 16.6 Å². The lowest BCUT2D eigenvalue weighted by molar-refractivity contribution is -0.115. The van der Waals surface area contributed by atoms with E-state index in [1.807, 2.05) is 30.3 Å². The van der Waals surface area contributed by atoms with Crippen LogP contribution in [-0.2, 0) is 11.2 Å². The lowest BCUT2D eigenvalue weighted by Crippen LogP contribution is -2.14. The predicted octanol–water partition coefficient (Wildman–Crippen LogP) is 5.54. The van der Waals surface area contributed by atoms with Crippen molar-refractivity contribution in [3.8, 4) is 0 Å². The van der Waals surface area contributed by atoms with E-state index in [1.54, 1.807) is 11.3 Å². The van der Waals surface area contributed by atoms with Crippen LogP contribution in [0.3, 0.4) is 0 Å². The second-order valence-corrected chi connectivity index (χ2v) is 6.96. The van der Waals surface area contributed by atoms with Gasteiger partial charge in [0.15, 0.2) is 0 Å². The quantitative estimate of drug-likeness (QED) is 0.524. The van der Waals surface area contributed by atoms with Crippen molar-refractivity contribution in [3.05, 3.63) is 77.2 Å². The summed E-state index contributed by atoms with van der Waals surface area (Å²) in [6.45, 7) is 2.08. The van der Waals surface area contributed by atoms with Crippen molar-refractivity contribution in [2.45, 2.75) is 13.3 Å². The molecule has 118 valence electrons. The Morgan fingerprint density at radius 1 is 1.00 bits per heavy atom. The van der Waals surface area contributed by atoms with Gasteiger partial charge >= 0.3 is 0 Å². The van der Waals surface area contributed by atoms with E-state index in [0.29, 0.717) is 6.42 Å². The highest BCUT2D eigenvalue weighted by molar-refractivity contribution is 7.17. The van der Waals surface area contributed by atoms with E-state index in [1.165, 1.54) is 21.0 Å². The Kier molecular flexibility index (Phi) is 3.79. The van der Waals surface area contributed by atoms with Crippen molar-refractivity contribution in [2.75, 3.05) is 5.32 Å². The van der Waals surface area contributed by atoms with Gasteiger partial charge in [-0.15, -0.1) is 11.3 Å². The van der Waals surface area contributed by atoms with Crippen molar-refractivity contribution in [1.29, 1.82) is 0 Å². The summed E-state index contributed by atoms with van der Waals surface area (Å²) in [5.74, 6) is 0.0199. The lowest BCUT2D eigenvalue weighted by Gasteiger charge is -2.07. The molecule has 0 aliphatic rings. The van der Waals surface area contributed by atoms with E-state index < -0.39 is 0 Å². The number of aryl methyl sites for hydroxylation is 1. The Hall–Kier alpha value is -2.65. The molecule has 0 spiro atoms. The summed E-state index contributed by atoms with van der Waals surface area (Å²) in [4.78, 5) is 12.4. The van der Waals surface area contributed by atoms with Gasteiger partial charge in [-0.2, -0.15) is 0 Å². The minimum absolute atomic E-state index is 0.0199. The van der Waals surface area contributed by atoms with Gasteiger partial charge in [-0.3, -0.25) is 4.79 Å². The fourth-order valence-electron chi connectivity index (χ4n) is 2.98. The molecule has 0 fully saturated rings. The normalized spacial score (nSPS) is 11.0. The minimum atomic E-state index is 0.0199. The van der Waals surface area contributed by atoms with Crippen LogP contribution >= 0.6 is 11.3 Å². The van der Waals surface area contributed by atoms with Crippen molar-refractivity contribution in [2.24, 2.45) is 0 Å². The number of carbonyl (C=O) groups is 1. The zero-order chi connectivity index (χ0) is 16.5. The van der Waals surface area contributed by atoms with Gasteiger partial charge in [0.05, 0.1) is 6.42 Å². The molecule has 3 heteroatoms. The van der Waals surface area contributed by atoms with Crippen LogP contribution in [0.5, 0.6) is 0 Å². The molecule has 0 aliphatic carbocycles. The molecule has 2 nitrogen and oxygen atoms in total. The summed E-state index contributed by atoms with van der Waals surface area (Å²) in [5.41, 5.74) is 3.16. The zero-order valence-electron chi connectivity index (χ0n) is 13.4. The van der Waals surface area contributed by atoms with Crippen LogP contribution in [0, 0.1) is 6.92 Å². The van der Waals surface area contributed by atoms with E-state index in [4.69, 9.17) is 0 Å². The highest BCUT2D eigenvalue weighted by atomic mass is 32.1. The maximum absolute atomic E-state index is 12.4. The van der Waals surface area contributed by atoms with Gasteiger partial charge in [0.2, 0.25) is 5.91 Å². The van der Waals surface area contributed by atoms with Crippen molar-refractivity contribution in [3.63, 3.8) is 0 Å². The second kappa shape index (κ2) is 6.10. The first kappa shape index (κ1) is 14.9. The van der Waals surface area contributed by atoms with Gasteiger partial charge in [0.25, 0.3) is 0 Å². The molecular weight excluding hydrogens is 314 g/mol. The molecule has 1 amide bonds. The van der Waals surface area contributed by atoms with Crippen LogP contribution in [0.4, 0.5) is 5.69 Å². The topological polar surface area (TPSA) is 29.1 Å². The Balaban J connectivity index is 1.55. The molecule has 1 heterocycles. The van der Waals surface area contributed by atoms with Crippen LogP contribution in [0.1, 0.15) is 11.1 Å². The second-order valence-electron chi connectivity index (χ2n) is 6.05. The fraction of sp³-hybridized carbons (Fsp3) is 0.0952. The number of hydrogen-bond donors (Lipinski definition) is 1. The SMILES string of the molecule is Cc1ccc2scc(CC(=O)Nc3ccc4ccccc4c3)c2c1. The summed E-state index contributed by atoms with van der Waals surface area (Å²) in [5, 5.41) is 8.60. The zero-order valence-corrected chi connectivity index (χ0v) is 14.2. The first-order chi connectivity index (χ1) is 11.7. The van der Waals surface area contributed by atoms with E-state index in [9.17, 15) is 4.79 Å². The number of rotatable bonds is 3. The molecule has 0 atom stereocenters. The van der Waals surface area contributed by atoms with Gasteiger partial charge in [-0.1, -0.05) is 48.0 Å². The third kappa shape index (κ3) is 2.91. The van der Waals surface area contributed by atoms with Crippen molar-refractivity contribution in [1.82, 2.24) is 0 Å². The van der Waals surface area contributed by atoms with E-state index in [2.05, 4.69) is 48.0 Å². The molecule has 4 aromatic rings. The smallest absolute Gasteiger partial charge is 0.228 e. The van der Waals surface area contributed by atoms with Gasteiger partial charge < -0.3 is 5.32 Å². The number of carbonyl (C=O) groups excluding carboxylic acids is 1. The average Bonchev–Trinajstić information content (AvgIpc) is 2.97. The molecule has 0 radical (unpaired) electrons. The number of hydrogen-bond acceptors (Lipinski definition) is 2. The molecule has 3 aromatic carbocycles. The van der Waals surface area contributed by atoms with E-state index in [-0.39, 0.29) is 5.91 Å². The summed E-state index contributed by atoms with van der Waals surface area (Å²) < 4.78 is 1.23. The molecule has 0 saturated heterocycles. The summed E-state index contributed by atoms with van der Waals surface area (Å²) in [6, 6.07) is 20.6. The molecule has 24 heavy (non-hydrogen) atoms. The third-order valence-corrected chi connectivity index (χ3v) is 5.21. The number of amides is 1. The highest BCUT2D eigenvalue weighted by Crippen LogP contribution is 2.27. The van der Waals surface area contributed by atoms with Crippen LogP contribution < -0.4 is 5.32 Å². The van der Waals surface area contributed by atoms with Crippen LogP contribution in [0.2, 0.25) is 0 Å². The summed E-state index contributed by atoms with van der Waals surface area (Å²) in [6.07, 6.45) is 0.399. The highest BCUT2D eigenvalue weighted by Gasteiger charge is 2.10. The number of fused-ring (bicyclic) bond motifs is 2. The standard InChI is InChI=1S/C21H17NOS/c1-14-6-9-20-19(10-14)17(13-24-20)12-21(23)22-18-8-7-15-4-2-3-5-16(15)11-18/h2-11,13H,12H2,1H3,(H,22,23). The van der Waals surface area contributed by atoms with Crippen LogP contribution in [0.15, 0.2) is 66.0 Å². The predicted molar refractivity (Wildman–Crippen MR) is 103 cm³/mol. The molecule has 1 aromatic heterocycles. The van der Waals surface area contributed by atoms with Gasteiger partial charge in [-0.25, -0.2) is 0 Å². The molecule has 1 N–H and O–H groups in total. The van der Waals surface area contributed by atoms with E-state index >= 15 is 0 Å². The van der Waals surface area contributed by atoms with Crippen molar-refractivity contribution >= 4 is 43.8 Å². The van der Waals surface area contributed by atoms with Gasteiger partial charge in [0, 0.05) is 10.4 Å². The molecule has 0 bridgehead atoms. The first-order valence-corrected chi connectivity index (χ1v) is 8.82. The summed E-state index contributed by atoms with van der Waals surface area (Å²) >= 11 is 1.69. The molecule has 0 saturated carbocycles. The number of benzene rings is 3. The monoisotopic (exact) mass is 331 g/mol. The average molecular weight is 331 g/mol. The Morgan fingerprint density at radius 2 is 1.83 bits per heavy atom. The number of nitrogens with one attached hydrogen (secondary N) is 1. The van der Waals surface area contributed by atoms with Crippen LogP contribution in [0.25, 0.3) is 20.9 Å². The molecule has 0 aliphatic heterocycles. The Labute approximate surface area is 144 Å². The Morgan fingerprint density at radius 3 is 2.71 bits per heavy atom. The fourth-order valence-corrected chi connectivity index (χ4v) is 3.92. The van der Waals surface area contributed by atoms with Gasteiger partial charge in [0.1, 0.15) is 0 Å². The molecule has 0 unspecified atom stereocenters.